The second kappa shape index (κ2) is 23.8. The molecule has 6 atom stereocenters. The number of aromatic nitrogens is 1. The summed E-state index contributed by atoms with van der Waals surface area (Å²) in [5.74, 6) is -5.81. The summed E-state index contributed by atoms with van der Waals surface area (Å²) >= 11 is 4.05. The summed E-state index contributed by atoms with van der Waals surface area (Å²) in [6.45, 7) is 1.82. The summed E-state index contributed by atoms with van der Waals surface area (Å²) in [5, 5.41) is 43.7. The first-order valence-electron chi connectivity index (χ1n) is 18.9. The third kappa shape index (κ3) is 15.8. The van der Waals surface area contributed by atoms with Crippen molar-refractivity contribution in [3.8, 4) is 0 Å². The van der Waals surface area contributed by atoms with Crippen molar-refractivity contribution < 1.29 is 33.9 Å². The summed E-state index contributed by atoms with van der Waals surface area (Å²) in [4.78, 5) is 83.4. The molecule has 0 aliphatic heterocycles. The molecule has 0 radical (unpaired) electrons. The van der Waals surface area contributed by atoms with Crippen LogP contribution in [0.5, 0.6) is 0 Å². The van der Waals surface area contributed by atoms with E-state index in [0.717, 1.165) is 10.9 Å². The van der Waals surface area contributed by atoms with E-state index in [1.54, 1.807) is 42.6 Å². The van der Waals surface area contributed by atoms with E-state index in [9.17, 15) is 33.9 Å². The molecule has 0 unspecified atom stereocenters. The lowest BCUT2D eigenvalue weighted by Gasteiger charge is -2.27. The van der Waals surface area contributed by atoms with Crippen molar-refractivity contribution >= 4 is 71.0 Å². The number of thiol groups is 1. The average Bonchev–Trinajstić information content (AvgIpc) is 3.60. The van der Waals surface area contributed by atoms with Gasteiger partial charge in [-0.05, 0) is 49.8 Å². The lowest BCUT2D eigenvalue weighted by molar-refractivity contribution is -0.141. The molecule has 0 aliphatic carbocycles. The van der Waals surface area contributed by atoms with Gasteiger partial charge in [-0.3, -0.25) is 34.8 Å². The number of nitrogens with one attached hydrogen (secondary N) is 10. The van der Waals surface area contributed by atoms with Crippen molar-refractivity contribution in [2.45, 2.75) is 81.7 Å². The third-order valence-corrected chi connectivity index (χ3v) is 9.46. The molecule has 2 aromatic carbocycles. The molecule has 1 aromatic heterocycles. The summed E-state index contributed by atoms with van der Waals surface area (Å²) < 4.78 is 0. The summed E-state index contributed by atoms with van der Waals surface area (Å²) in [6, 6.07) is 8.70. The van der Waals surface area contributed by atoms with E-state index in [0.29, 0.717) is 17.5 Å². The first-order chi connectivity index (χ1) is 28.1. The molecule has 0 saturated carbocycles. The molecule has 0 aliphatic rings. The summed E-state index contributed by atoms with van der Waals surface area (Å²) in [5.41, 5.74) is 18.7. The molecule has 0 spiro atoms. The Balaban J connectivity index is 1.94. The van der Waals surface area contributed by atoms with Crippen LogP contribution in [-0.4, -0.2) is 113 Å². The number of carboxylic acids is 1. The van der Waals surface area contributed by atoms with E-state index in [1.165, 1.54) is 6.92 Å². The lowest BCUT2D eigenvalue weighted by Crippen LogP contribution is -2.60. The number of benzene rings is 2. The van der Waals surface area contributed by atoms with E-state index in [-0.39, 0.29) is 62.9 Å². The molecular weight excluding hydrogens is 783 g/mol. The van der Waals surface area contributed by atoms with Crippen LogP contribution in [-0.2, 0) is 41.6 Å². The molecule has 59 heavy (non-hydrogen) atoms. The van der Waals surface area contributed by atoms with Crippen molar-refractivity contribution in [2.75, 3.05) is 18.8 Å². The normalized spacial score (nSPS) is 13.9. The second-order valence-corrected chi connectivity index (χ2v) is 14.2. The van der Waals surface area contributed by atoms with Crippen LogP contribution in [0.1, 0.15) is 43.7 Å². The number of aromatic amines is 1. The van der Waals surface area contributed by atoms with Gasteiger partial charge in [0.2, 0.25) is 29.5 Å². The predicted molar refractivity (Wildman–Crippen MR) is 225 cm³/mol. The van der Waals surface area contributed by atoms with E-state index in [1.807, 2.05) is 18.2 Å². The SMILES string of the molecule is C[C@@H](N)C(=O)N[C@@H](CCCNC(=N)N)C(=O)N[C@H](Cc1ccccc1)C(=O)N[C@@H](CCCNC(=N)N)C(=O)N[C@@H](Cc1c[nH]c2ccccc12)C(=O)N[C@@H](CS)C(=O)O. The smallest absolute Gasteiger partial charge is 0.327 e. The summed E-state index contributed by atoms with van der Waals surface area (Å²) in [6.07, 6.45) is 2.19. The van der Waals surface area contributed by atoms with Gasteiger partial charge in [-0.2, -0.15) is 12.6 Å². The number of hydrogen-bond donors (Lipinski definition) is 15. The van der Waals surface area contributed by atoms with E-state index in [2.05, 4.69) is 54.8 Å². The Labute approximate surface area is 346 Å². The average molecular weight is 838 g/mol. The molecule has 1 heterocycles. The van der Waals surface area contributed by atoms with E-state index < -0.39 is 71.8 Å². The van der Waals surface area contributed by atoms with Crippen LogP contribution in [0, 0.1) is 10.8 Å². The molecule has 3 rings (SSSR count). The predicted octanol–water partition coefficient (Wildman–Crippen LogP) is -1.73. The molecule has 17 N–H and O–H groups in total. The van der Waals surface area contributed by atoms with Gasteiger partial charge >= 0.3 is 5.97 Å². The van der Waals surface area contributed by atoms with E-state index >= 15 is 0 Å². The Morgan fingerprint density at radius 3 is 1.64 bits per heavy atom. The number of carboxylic acid groups (broad SMARTS) is 1. The van der Waals surface area contributed by atoms with Gasteiger partial charge < -0.3 is 64.5 Å². The number of guanidine groups is 2. The quantitative estimate of drug-likeness (QED) is 0.0207. The van der Waals surface area contributed by atoms with Crippen LogP contribution in [0.25, 0.3) is 10.9 Å². The van der Waals surface area contributed by atoms with Crippen molar-refractivity contribution in [3.63, 3.8) is 0 Å². The Morgan fingerprint density at radius 2 is 1.14 bits per heavy atom. The van der Waals surface area contributed by atoms with Crippen LogP contribution in [0.4, 0.5) is 0 Å². The van der Waals surface area contributed by atoms with E-state index in [4.69, 9.17) is 28.0 Å². The van der Waals surface area contributed by atoms with Crippen LogP contribution in [0.3, 0.4) is 0 Å². The minimum atomic E-state index is -1.37. The summed E-state index contributed by atoms with van der Waals surface area (Å²) in [7, 11) is 0. The highest BCUT2D eigenvalue weighted by Crippen LogP contribution is 2.19. The molecule has 0 fully saturated rings. The Bertz CT molecular complexity index is 1930. The van der Waals surface area contributed by atoms with Gasteiger partial charge in [-0.25, -0.2) is 4.79 Å². The number of aliphatic carboxylic acids is 1. The number of H-pyrrole nitrogens is 1. The fourth-order valence-electron chi connectivity index (χ4n) is 5.96. The number of fused-ring (bicyclic) bond motifs is 1. The minimum absolute atomic E-state index is 0.0180. The molecule has 5 amide bonds. The Morgan fingerprint density at radius 1 is 0.678 bits per heavy atom. The molecule has 0 saturated heterocycles. The van der Waals surface area contributed by atoms with Crippen LogP contribution < -0.4 is 54.4 Å². The van der Waals surface area contributed by atoms with Crippen LogP contribution in [0.2, 0.25) is 0 Å². The number of carbonyl (C=O) groups is 6. The van der Waals surface area contributed by atoms with Crippen molar-refractivity contribution in [2.24, 2.45) is 17.2 Å². The fourth-order valence-corrected chi connectivity index (χ4v) is 6.21. The Hall–Kier alpha value is -6.35. The first-order valence-corrected chi connectivity index (χ1v) is 19.6. The Kier molecular flexibility index (Phi) is 19.0. The number of rotatable bonds is 24. The lowest BCUT2D eigenvalue weighted by atomic mass is 10.0. The number of hydrogen-bond acceptors (Lipinski definition) is 10. The molecule has 21 heteroatoms. The maximum atomic E-state index is 14.2. The van der Waals surface area contributed by atoms with Crippen LogP contribution in [0.15, 0.2) is 60.8 Å². The zero-order chi connectivity index (χ0) is 43.5. The number of amides is 5. The van der Waals surface area contributed by atoms with Crippen molar-refractivity contribution in [1.82, 2.24) is 42.2 Å². The van der Waals surface area contributed by atoms with Gasteiger partial charge in [0.15, 0.2) is 11.9 Å². The zero-order valence-corrected chi connectivity index (χ0v) is 33.6. The molecule has 20 nitrogen and oxygen atoms in total. The maximum Gasteiger partial charge on any atom is 0.327 e. The minimum Gasteiger partial charge on any atom is -0.480 e. The standard InChI is InChI=1S/C38H55N13O7S/c1-21(39)31(52)47-26(13-7-15-44-37(40)41)32(53)49-28(17-22-9-3-2-4-10-22)34(55)48-27(14-8-16-45-38(42)43)33(54)50-29(35(56)51-30(20-59)36(57)58)18-23-19-46-25-12-6-5-11-24(23)25/h2-6,9-12,19,21,26-30,46,59H,7-8,13-18,20,39H2,1H3,(H,47,52)(H,48,55)(H,49,53)(H,50,54)(H,51,56)(H,57,58)(H4,40,41,44)(H4,42,43,45)/t21-,26+,27+,28-,29+,30+/m1/s1. The van der Waals surface area contributed by atoms with Gasteiger partial charge in [0, 0.05) is 48.8 Å². The first kappa shape index (κ1) is 47.0. The van der Waals surface area contributed by atoms with Gasteiger partial charge in [-0.15, -0.1) is 0 Å². The number of carbonyl (C=O) groups excluding carboxylic acids is 5. The number of para-hydroxylation sites is 1. The van der Waals surface area contributed by atoms with Crippen LogP contribution >= 0.6 is 12.6 Å². The molecular formula is C38H55N13O7S. The van der Waals surface area contributed by atoms with Gasteiger partial charge in [0.25, 0.3) is 0 Å². The van der Waals surface area contributed by atoms with Crippen molar-refractivity contribution in [1.29, 1.82) is 10.8 Å². The third-order valence-electron chi connectivity index (χ3n) is 9.09. The number of nitrogens with two attached hydrogens (primary N) is 3. The maximum absolute atomic E-state index is 14.2. The van der Waals surface area contributed by atoms with Crippen molar-refractivity contribution in [3.05, 3.63) is 71.9 Å². The largest absolute Gasteiger partial charge is 0.480 e. The molecule has 0 bridgehead atoms. The highest BCUT2D eigenvalue weighted by molar-refractivity contribution is 7.80. The molecule has 320 valence electrons. The molecule has 3 aromatic rings. The van der Waals surface area contributed by atoms with Gasteiger partial charge in [0.1, 0.15) is 30.2 Å². The monoisotopic (exact) mass is 837 g/mol. The van der Waals surface area contributed by atoms with Gasteiger partial charge in [-0.1, -0.05) is 48.5 Å². The highest BCUT2D eigenvalue weighted by Gasteiger charge is 2.33. The topological polar surface area (TPSA) is 348 Å². The fraction of sp³-hybridized carbons (Fsp3) is 0.421. The van der Waals surface area contributed by atoms with Gasteiger partial charge in [0.05, 0.1) is 6.04 Å². The zero-order valence-electron chi connectivity index (χ0n) is 32.7. The highest BCUT2D eigenvalue weighted by atomic mass is 32.1. The second-order valence-electron chi connectivity index (χ2n) is 13.8.